The molecule has 1 unspecified atom stereocenters. The van der Waals surface area contributed by atoms with Gasteiger partial charge in [0.05, 0.1) is 6.04 Å². The molecule has 120 valence electrons. The summed E-state index contributed by atoms with van der Waals surface area (Å²) in [5.74, 6) is 1.13. The molecule has 2 aliphatic rings. The first-order valence-electron chi connectivity index (χ1n) is 8.23. The van der Waals surface area contributed by atoms with Gasteiger partial charge in [-0.2, -0.15) is 0 Å². The van der Waals surface area contributed by atoms with Crippen molar-refractivity contribution in [3.63, 3.8) is 0 Å². The second-order valence-electron chi connectivity index (χ2n) is 6.36. The topological polar surface area (TPSA) is 47.4 Å². The number of aryl methyl sites for hydroxylation is 1. The summed E-state index contributed by atoms with van der Waals surface area (Å²) < 4.78 is 7.76. The number of likely N-dealkylation sites (tertiary alicyclic amines) is 1. The van der Waals surface area contributed by atoms with E-state index in [1.54, 1.807) is 0 Å². The van der Waals surface area contributed by atoms with Gasteiger partial charge in [-0.15, -0.1) is 0 Å². The maximum atomic E-state index is 12.4. The molecule has 3 heterocycles. The van der Waals surface area contributed by atoms with E-state index in [1.807, 2.05) is 29.3 Å². The van der Waals surface area contributed by atoms with Crippen LogP contribution in [-0.2, 0) is 9.53 Å². The van der Waals surface area contributed by atoms with Crippen molar-refractivity contribution in [2.24, 2.45) is 0 Å². The number of benzene rings is 1. The lowest BCUT2D eigenvalue weighted by atomic mass is 10.1. The highest BCUT2D eigenvalue weighted by Gasteiger charge is 2.38. The Hall–Kier alpha value is -2.14. The Morgan fingerprint density at radius 3 is 2.74 bits per heavy atom. The van der Waals surface area contributed by atoms with Gasteiger partial charge in [0.1, 0.15) is 11.9 Å². The lowest BCUT2D eigenvalue weighted by Crippen LogP contribution is -2.54. The molecule has 23 heavy (non-hydrogen) atoms. The van der Waals surface area contributed by atoms with E-state index in [-0.39, 0.29) is 12.0 Å². The van der Waals surface area contributed by atoms with Crippen LogP contribution in [0.25, 0.3) is 11.4 Å². The van der Waals surface area contributed by atoms with Crippen LogP contribution < -0.4 is 0 Å². The van der Waals surface area contributed by atoms with Crippen LogP contribution in [0.4, 0.5) is 0 Å². The number of rotatable bonds is 3. The van der Waals surface area contributed by atoms with E-state index in [1.165, 1.54) is 0 Å². The SMILES string of the molecule is Cc1cnc(-c2ccccc2)n1C1CN(C(=O)C2CCCO2)C1. The van der Waals surface area contributed by atoms with E-state index in [0.29, 0.717) is 12.6 Å². The van der Waals surface area contributed by atoms with Crippen LogP contribution in [0.1, 0.15) is 24.6 Å². The number of nitrogens with zero attached hydrogens (tertiary/aromatic N) is 3. The van der Waals surface area contributed by atoms with Crippen molar-refractivity contribution < 1.29 is 9.53 Å². The quantitative estimate of drug-likeness (QED) is 0.874. The molecule has 0 spiro atoms. The molecule has 5 nitrogen and oxygen atoms in total. The lowest BCUT2D eigenvalue weighted by molar-refractivity contribution is -0.146. The van der Waals surface area contributed by atoms with E-state index in [0.717, 1.165) is 43.0 Å². The number of amides is 1. The Kier molecular flexibility index (Phi) is 3.65. The van der Waals surface area contributed by atoms with E-state index in [2.05, 4.69) is 28.6 Å². The van der Waals surface area contributed by atoms with Crippen molar-refractivity contribution in [3.8, 4) is 11.4 Å². The summed E-state index contributed by atoms with van der Waals surface area (Å²) in [7, 11) is 0. The Labute approximate surface area is 135 Å². The minimum Gasteiger partial charge on any atom is -0.368 e. The van der Waals surface area contributed by atoms with Crippen molar-refractivity contribution in [2.45, 2.75) is 31.9 Å². The minimum absolute atomic E-state index is 0.151. The fourth-order valence-corrected chi connectivity index (χ4v) is 3.48. The molecule has 2 fully saturated rings. The molecule has 2 aromatic rings. The first-order valence-corrected chi connectivity index (χ1v) is 8.23. The van der Waals surface area contributed by atoms with Crippen LogP contribution in [0, 0.1) is 6.92 Å². The molecule has 1 aromatic carbocycles. The van der Waals surface area contributed by atoms with Gasteiger partial charge in [-0.25, -0.2) is 4.98 Å². The van der Waals surface area contributed by atoms with Crippen molar-refractivity contribution in [1.82, 2.24) is 14.5 Å². The highest BCUT2D eigenvalue weighted by molar-refractivity contribution is 5.82. The second kappa shape index (κ2) is 5.81. The van der Waals surface area contributed by atoms with Gasteiger partial charge in [0.2, 0.25) is 0 Å². The van der Waals surface area contributed by atoms with Crippen molar-refractivity contribution in [1.29, 1.82) is 0 Å². The Morgan fingerprint density at radius 1 is 1.26 bits per heavy atom. The minimum atomic E-state index is -0.214. The standard InChI is InChI=1S/C18H21N3O2/c1-13-10-19-17(14-6-3-2-4-7-14)21(13)15-11-20(12-15)18(22)16-8-5-9-23-16/h2-4,6-7,10,15-16H,5,8-9,11-12H2,1H3. The van der Waals surface area contributed by atoms with Gasteiger partial charge in [0.15, 0.2) is 0 Å². The molecule has 0 bridgehead atoms. The van der Waals surface area contributed by atoms with E-state index < -0.39 is 0 Å². The Morgan fingerprint density at radius 2 is 2.04 bits per heavy atom. The zero-order valence-corrected chi connectivity index (χ0v) is 13.3. The highest BCUT2D eigenvalue weighted by Crippen LogP contribution is 2.30. The van der Waals surface area contributed by atoms with E-state index in [9.17, 15) is 4.79 Å². The third-order valence-corrected chi connectivity index (χ3v) is 4.76. The van der Waals surface area contributed by atoms with Crippen LogP contribution in [0.5, 0.6) is 0 Å². The van der Waals surface area contributed by atoms with Crippen LogP contribution >= 0.6 is 0 Å². The van der Waals surface area contributed by atoms with Gasteiger partial charge in [0.25, 0.3) is 5.91 Å². The zero-order valence-electron chi connectivity index (χ0n) is 13.3. The molecule has 0 saturated carbocycles. The number of carbonyl (C=O) groups excluding carboxylic acids is 1. The maximum Gasteiger partial charge on any atom is 0.251 e. The largest absolute Gasteiger partial charge is 0.368 e. The molecule has 5 heteroatoms. The molecular weight excluding hydrogens is 290 g/mol. The third-order valence-electron chi connectivity index (χ3n) is 4.76. The smallest absolute Gasteiger partial charge is 0.251 e. The van der Waals surface area contributed by atoms with Crippen LogP contribution in [0.2, 0.25) is 0 Å². The fourth-order valence-electron chi connectivity index (χ4n) is 3.48. The lowest BCUT2D eigenvalue weighted by Gasteiger charge is -2.42. The van der Waals surface area contributed by atoms with Gasteiger partial charge < -0.3 is 14.2 Å². The molecule has 0 N–H and O–H groups in total. The number of hydrogen-bond acceptors (Lipinski definition) is 3. The van der Waals surface area contributed by atoms with Gasteiger partial charge >= 0.3 is 0 Å². The van der Waals surface area contributed by atoms with E-state index >= 15 is 0 Å². The summed E-state index contributed by atoms with van der Waals surface area (Å²) in [5, 5.41) is 0. The number of carbonyl (C=O) groups is 1. The molecule has 2 aliphatic heterocycles. The number of aromatic nitrogens is 2. The predicted octanol–water partition coefficient (Wildman–Crippen LogP) is 2.42. The molecular formula is C18H21N3O2. The first-order chi connectivity index (χ1) is 11.2. The number of hydrogen-bond donors (Lipinski definition) is 0. The summed E-state index contributed by atoms with van der Waals surface area (Å²) >= 11 is 0. The second-order valence-corrected chi connectivity index (χ2v) is 6.36. The average molecular weight is 311 g/mol. The van der Waals surface area contributed by atoms with Crippen LogP contribution in [0.3, 0.4) is 0 Å². The van der Waals surface area contributed by atoms with Gasteiger partial charge in [0, 0.05) is 37.2 Å². The average Bonchev–Trinajstić information content (AvgIpc) is 3.17. The summed E-state index contributed by atoms with van der Waals surface area (Å²) in [6.45, 7) is 4.28. The highest BCUT2D eigenvalue weighted by atomic mass is 16.5. The van der Waals surface area contributed by atoms with Crippen molar-refractivity contribution in [3.05, 3.63) is 42.2 Å². The monoisotopic (exact) mass is 311 g/mol. The normalized spacial score (nSPS) is 21.4. The Balaban J connectivity index is 1.50. The summed E-state index contributed by atoms with van der Waals surface area (Å²) in [6, 6.07) is 10.5. The van der Waals surface area contributed by atoms with Crippen molar-refractivity contribution >= 4 is 5.91 Å². The number of imidazole rings is 1. The van der Waals surface area contributed by atoms with Gasteiger partial charge in [-0.3, -0.25) is 4.79 Å². The summed E-state index contributed by atoms with van der Waals surface area (Å²) in [6.07, 6.45) is 3.55. The van der Waals surface area contributed by atoms with E-state index in [4.69, 9.17) is 4.74 Å². The van der Waals surface area contributed by atoms with Crippen LogP contribution in [-0.4, -0.2) is 46.2 Å². The molecule has 1 aromatic heterocycles. The Bertz CT molecular complexity index is 698. The molecule has 1 amide bonds. The fraction of sp³-hybridized carbons (Fsp3) is 0.444. The zero-order chi connectivity index (χ0) is 15.8. The maximum absolute atomic E-state index is 12.4. The summed E-state index contributed by atoms with van der Waals surface area (Å²) in [5.41, 5.74) is 2.25. The van der Waals surface area contributed by atoms with Crippen molar-refractivity contribution in [2.75, 3.05) is 19.7 Å². The third kappa shape index (κ3) is 2.55. The van der Waals surface area contributed by atoms with Gasteiger partial charge in [-0.05, 0) is 19.8 Å². The molecule has 0 aliphatic carbocycles. The first kappa shape index (κ1) is 14.5. The number of ether oxygens (including phenoxy) is 1. The molecule has 0 radical (unpaired) electrons. The van der Waals surface area contributed by atoms with Gasteiger partial charge in [-0.1, -0.05) is 30.3 Å². The molecule has 1 atom stereocenters. The molecule has 4 rings (SSSR count). The predicted molar refractivity (Wildman–Crippen MR) is 87.0 cm³/mol. The summed E-state index contributed by atoms with van der Waals surface area (Å²) in [4.78, 5) is 18.8. The molecule has 2 saturated heterocycles. The van der Waals surface area contributed by atoms with Crippen LogP contribution in [0.15, 0.2) is 36.5 Å².